The molecule has 0 unspecified atom stereocenters. The van der Waals surface area contributed by atoms with Crippen LogP contribution in [0, 0.1) is 10.1 Å². The van der Waals surface area contributed by atoms with Crippen molar-refractivity contribution in [2.45, 2.75) is 0 Å². The molecular weight excluding hydrogens is 450 g/mol. The van der Waals surface area contributed by atoms with E-state index < -0.39 is 4.92 Å². The Labute approximate surface area is 203 Å². The van der Waals surface area contributed by atoms with Gasteiger partial charge in [0.05, 0.1) is 19.1 Å². The lowest BCUT2D eigenvalue weighted by molar-refractivity contribution is -0.384. The van der Waals surface area contributed by atoms with Gasteiger partial charge >= 0.3 is 0 Å². The first-order valence-electron chi connectivity index (χ1n) is 11.2. The summed E-state index contributed by atoms with van der Waals surface area (Å²) in [6, 6.07) is 19.4. The van der Waals surface area contributed by atoms with Crippen LogP contribution >= 0.6 is 0 Å². The number of carbonyl (C=O) groups excluding carboxylic acids is 1. The van der Waals surface area contributed by atoms with E-state index in [1.165, 1.54) is 18.2 Å². The summed E-state index contributed by atoms with van der Waals surface area (Å²) in [5, 5.41) is 11.3. The molecule has 0 bridgehead atoms. The summed E-state index contributed by atoms with van der Waals surface area (Å²) in [5.41, 5.74) is 2.30. The fourth-order valence-electron chi connectivity index (χ4n) is 3.99. The predicted octanol–water partition coefficient (Wildman–Crippen LogP) is 4.01. The monoisotopic (exact) mass is 477 g/mol. The van der Waals surface area contributed by atoms with Gasteiger partial charge in [0.2, 0.25) is 0 Å². The van der Waals surface area contributed by atoms with Gasteiger partial charge in [-0.3, -0.25) is 14.9 Å². The molecule has 182 valence electrons. The number of nitrogens with zero attached hydrogens (tertiary/aromatic N) is 3. The van der Waals surface area contributed by atoms with Crippen molar-refractivity contribution in [3.63, 3.8) is 0 Å². The Balaban J connectivity index is 1.40. The van der Waals surface area contributed by atoms with Crippen LogP contribution in [0.25, 0.3) is 11.1 Å². The molecule has 0 aliphatic carbocycles. The van der Waals surface area contributed by atoms with Gasteiger partial charge < -0.3 is 24.0 Å². The van der Waals surface area contributed by atoms with Gasteiger partial charge in [-0.25, -0.2) is 0 Å². The van der Waals surface area contributed by atoms with Crippen LogP contribution in [0.5, 0.6) is 17.2 Å². The fourth-order valence-corrected chi connectivity index (χ4v) is 3.99. The maximum Gasteiger partial charge on any atom is 0.270 e. The van der Waals surface area contributed by atoms with Gasteiger partial charge in [-0.15, -0.1) is 0 Å². The SMILES string of the molecule is COc1ccc(-c2cc([N+](=O)[O-])ccc2OCC(=O)N2CCN(c3ccc(OC)cc3)CC2)cc1. The Kier molecular flexibility index (Phi) is 7.35. The van der Waals surface area contributed by atoms with E-state index in [2.05, 4.69) is 4.90 Å². The first-order valence-corrected chi connectivity index (χ1v) is 11.2. The van der Waals surface area contributed by atoms with Gasteiger partial charge in [-0.05, 0) is 48.0 Å². The van der Waals surface area contributed by atoms with Gasteiger partial charge in [-0.1, -0.05) is 12.1 Å². The topological polar surface area (TPSA) is 94.4 Å². The Bertz CT molecular complexity index is 1170. The molecule has 1 heterocycles. The zero-order valence-electron chi connectivity index (χ0n) is 19.7. The molecule has 1 aliphatic heterocycles. The molecule has 1 amide bonds. The number of piperazine rings is 1. The van der Waals surface area contributed by atoms with E-state index in [0.29, 0.717) is 43.2 Å². The summed E-state index contributed by atoms with van der Waals surface area (Å²) in [4.78, 5) is 27.7. The molecule has 0 atom stereocenters. The normalized spacial score (nSPS) is 13.3. The Morgan fingerprint density at radius 3 is 2.06 bits per heavy atom. The van der Waals surface area contributed by atoms with Crippen LogP contribution in [-0.4, -0.2) is 62.7 Å². The van der Waals surface area contributed by atoms with E-state index in [4.69, 9.17) is 14.2 Å². The number of carbonyl (C=O) groups is 1. The number of nitro benzene ring substituents is 1. The maximum atomic E-state index is 12.8. The largest absolute Gasteiger partial charge is 0.497 e. The third-order valence-corrected chi connectivity index (χ3v) is 6.00. The molecule has 0 saturated carbocycles. The van der Waals surface area contributed by atoms with Crippen molar-refractivity contribution in [1.82, 2.24) is 4.90 Å². The lowest BCUT2D eigenvalue weighted by atomic mass is 10.0. The number of benzene rings is 3. The third kappa shape index (κ3) is 5.63. The third-order valence-electron chi connectivity index (χ3n) is 6.00. The number of amides is 1. The molecule has 9 heteroatoms. The lowest BCUT2D eigenvalue weighted by Crippen LogP contribution is -2.50. The minimum absolute atomic E-state index is 0.0517. The molecular formula is C26H27N3O6. The summed E-state index contributed by atoms with van der Waals surface area (Å²) >= 11 is 0. The molecule has 0 radical (unpaired) electrons. The van der Waals surface area contributed by atoms with Crippen molar-refractivity contribution in [3.8, 4) is 28.4 Å². The number of hydrogen-bond donors (Lipinski definition) is 0. The molecule has 1 fully saturated rings. The van der Waals surface area contributed by atoms with Gasteiger partial charge in [0.15, 0.2) is 6.61 Å². The average Bonchev–Trinajstić information content (AvgIpc) is 2.91. The number of anilines is 1. The lowest BCUT2D eigenvalue weighted by Gasteiger charge is -2.36. The summed E-state index contributed by atoms with van der Waals surface area (Å²) in [6.45, 7) is 2.45. The molecule has 4 rings (SSSR count). The zero-order chi connectivity index (χ0) is 24.8. The second-order valence-electron chi connectivity index (χ2n) is 8.02. The molecule has 3 aromatic rings. The van der Waals surface area contributed by atoms with Crippen molar-refractivity contribution >= 4 is 17.3 Å². The van der Waals surface area contributed by atoms with E-state index in [1.54, 1.807) is 43.4 Å². The number of non-ortho nitro benzene ring substituents is 1. The van der Waals surface area contributed by atoms with E-state index in [9.17, 15) is 14.9 Å². The summed E-state index contributed by atoms with van der Waals surface area (Å²) < 4.78 is 16.3. The van der Waals surface area contributed by atoms with Gasteiger partial charge in [0, 0.05) is 49.6 Å². The van der Waals surface area contributed by atoms with Crippen LogP contribution < -0.4 is 19.1 Å². The standard InChI is InChI=1S/C26H27N3O6/c1-33-22-8-3-19(4-9-22)24-17-21(29(31)32)7-12-25(24)35-18-26(30)28-15-13-27(14-16-28)20-5-10-23(34-2)11-6-20/h3-12,17H,13-16,18H2,1-2H3. The van der Waals surface area contributed by atoms with Gasteiger partial charge in [0.1, 0.15) is 17.2 Å². The number of hydrogen-bond acceptors (Lipinski definition) is 7. The van der Waals surface area contributed by atoms with Crippen LogP contribution in [-0.2, 0) is 4.79 Å². The summed E-state index contributed by atoms with van der Waals surface area (Å²) in [7, 11) is 3.21. The first-order chi connectivity index (χ1) is 17.0. The highest BCUT2D eigenvalue weighted by molar-refractivity contribution is 5.79. The summed E-state index contributed by atoms with van der Waals surface area (Å²) in [6.07, 6.45) is 0. The van der Waals surface area contributed by atoms with Crippen molar-refractivity contribution in [1.29, 1.82) is 0 Å². The highest BCUT2D eigenvalue weighted by Crippen LogP contribution is 2.34. The van der Waals surface area contributed by atoms with Gasteiger partial charge in [-0.2, -0.15) is 0 Å². The van der Waals surface area contributed by atoms with E-state index in [1.807, 2.05) is 24.3 Å². The highest BCUT2D eigenvalue weighted by Gasteiger charge is 2.22. The summed E-state index contributed by atoms with van der Waals surface area (Å²) in [5.74, 6) is 1.76. The molecule has 9 nitrogen and oxygen atoms in total. The van der Waals surface area contributed by atoms with Crippen LogP contribution in [0.1, 0.15) is 0 Å². The van der Waals surface area contributed by atoms with Gasteiger partial charge in [0.25, 0.3) is 11.6 Å². The highest BCUT2D eigenvalue weighted by atomic mass is 16.6. The maximum absolute atomic E-state index is 12.8. The number of rotatable bonds is 8. The second-order valence-corrected chi connectivity index (χ2v) is 8.02. The van der Waals surface area contributed by atoms with E-state index >= 15 is 0 Å². The number of ether oxygens (including phenoxy) is 3. The molecule has 35 heavy (non-hydrogen) atoms. The molecule has 0 spiro atoms. The average molecular weight is 478 g/mol. The second kappa shape index (κ2) is 10.8. The minimum Gasteiger partial charge on any atom is -0.497 e. The Morgan fingerprint density at radius 1 is 0.886 bits per heavy atom. The van der Waals surface area contributed by atoms with Crippen LogP contribution in [0.3, 0.4) is 0 Å². The first kappa shape index (κ1) is 23.9. The van der Waals surface area contributed by atoms with Crippen LogP contribution in [0.4, 0.5) is 11.4 Å². The van der Waals surface area contributed by atoms with Crippen molar-refractivity contribution in [2.75, 3.05) is 51.9 Å². The number of nitro groups is 1. The predicted molar refractivity (Wildman–Crippen MR) is 132 cm³/mol. The van der Waals surface area contributed by atoms with Crippen molar-refractivity contribution in [2.24, 2.45) is 0 Å². The number of methoxy groups -OCH3 is 2. The molecule has 0 aromatic heterocycles. The van der Waals surface area contributed by atoms with Crippen LogP contribution in [0.15, 0.2) is 66.7 Å². The zero-order valence-corrected chi connectivity index (χ0v) is 19.7. The van der Waals surface area contributed by atoms with E-state index in [-0.39, 0.29) is 18.2 Å². The fraction of sp³-hybridized carbons (Fsp3) is 0.269. The molecule has 1 saturated heterocycles. The molecule has 0 N–H and O–H groups in total. The quantitative estimate of drug-likeness (QED) is 0.357. The van der Waals surface area contributed by atoms with Crippen molar-refractivity contribution in [3.05, 3.63) is 76.8 Å². The minimum atomic E-state index is -0.454. The molecule has 1 aliphatic rings. The van der Waals surface area contributed by atoms with Crippen molar-refractivity contribution < 1.29 is 23.9 Å². The van der Waals surface area contributed by atoms with E-state index in [0.717, 1.165) is 17.0 Å². The Morgan fingerprint density at radius 2 is 1.49 bits per heavy atom. The van der Waals surface area contributed by atoms with Crippen LogP contribution in [0.2, 0.25) is 0 Å². The molecule has 3 aromatic carbocycles. The smallest absolute Gasteiger partial charge is 0.270 e. The Hall–Kier alpha value is -4.27.